The van der Waals surface area contributed by atoms with Crippen molar-refractivity contribution in [2.75, 3.05) is 13.1 Å². The van der Waals surface area contributed by atoms with Crippen LogP contribution in [0.5, 0.6) is 0 Å². The van der Waals surface area contributed by atoms with Crippen molar-refractivity contribution in [1.29, 1.82) is 0 Å². The highest BCUT2D eigenvalue weighted by Gasteiger charge is 2.21. The second-order valence-corrected chi connectivity index (χ2v) is 4.08. The highest BCUT2D eigenvalue weighted by Crippen LogP contribution is 2.23. The second-order valence-electron chi connectivity index (χ2n) is 4.08. The number of hydrogen-bond acceptors (Lipinski definition) is 3. The molecule has 1 heterocycles. The number of hydrogen-bond donors (Lipinski definition) is 1. The zero-order chi connectivity index (χ0) is 10.4. The maximum Gasteiger partial charge on any atom is 0.0643 e. The van der Waals surface area contributed by atoms with Crippen molar-refractivity contribution in [1.82, 2.24) is 15.3 Å². The SMILES string of the molecule is CCNCCC(C)(C)c1cnccn1. The standard InChI is InChI=1S/C11H19N3/c1-4-12-6-5-11(2,3)10-9-13-7-8-14-10/h7-9,12H,4-6H2,1-3H3. The van der Waals surface area contributed by atoms with Crippen molar-refractivity contribution in [2.45, 2.75) is 32.6 Å². The minimum atomic E-state index is 0.108. The van der Waals surface area contributed by atoms with Gasteiger partial charge in [-0.15, -0.1) is 0 Å². The van der Waals surface area contributed by atoms with Gasteiger partial charge >= 0.3 is 0 Å². The quantitative estimate of drug-likeness (QED) is 0.724. The topological polar surface area (TPSA) is 37.8 Å². The third-order valence-electron chi connectivity index (χ3n) is 2.43. The maximum absolute atomic E-state index is 4.34. The number of nitrogens with one attached hydrogen (secondary N) is 1. The Morgan fingerprint density at radius 1 is 1.36 bits per heavy atom. The van der Waals surface area contributed by atoms with Gasteiger partial charge in [-0.05, 0) is 19.5 Å². The highest BCUT2D eigenvalue weighted by atomic mass is 14.8. The molecule has 1 aromatic rings. The fourth-order valence-electron chi connectivity index (χ4n) is 1.35. The smallest absolute Gasteiger partial charge is 0.0643 e. The molecule has 3 heteroatoms. The van der Waals surface area contributed by atoms with Crippen molar-refractivity contribution in [3.8, 4) is 0 Å². The molecule has 1 N–H and O–H groups in total. The van der Waals surface area contributed by atoms with Crippen LogP contribution in [0.2, 0.25) is 0 Å². The molecule has 3 nitrogen and oxygen atoms in total. The molecule has 0 atom stereocenters. The van der Waals surface area contributed by atoms with Crippen LogP contribution in [0.25, 0.3) is 0 Å². The maximum atomic E-state index is 4.34. The summed E-state index contributed by atoms with van der Waals surface area (Å²) in [6, 6.07) is 0. The monoisotopic (exact) mass is 193 g/mol. The average molecular weight is 193 g/mol. The molecule has 0 amide bonds. The number of aromatic nitrogens is 2. The molecule has 0 unspecified atom stereocenters. The van der Waals surface area contributed by atoms with Gasteiger partial charge in [0.25, 0.3) is 0 Å². The lowest BCUT2D eigenvalue weighted by Crippen LogP contribution is -2.26. The number of rotatable bonds is 5. The second kappa shape index (κ2) is 5.05. The lowest BCUT2D eigenvalue weighted by Gasteiger charge is -2.23. The Hall–Kier alpha value is -0.960. The molecule has 78 valence electrons. The molecule has 1 rings (SSSR count). The van der Waals surface area contributed by atoms with Crippen molar-refractivity contribution >= 4 is 0 Å². The minimum Gasteiger partial charge on any atom is -0.317 e. The van der Waals surface area contributed by atoms with Gasteiger partial charge < -0.3 is 5.32 Å². The first kappa shape index (κ1) is 11.1. The molecule has 0 aliphatic heterocycles. The van der Waals surface area contributed by atoms with E-state index in [2.05, 4.69) is 36.1 Å². The predicted molar refractivity (Wildman–Crippen MR) is 58.2 cm³/mol. The van der Waals surface area contributed by atoms with Crippen LogP contribution >= 0.6 is 0 Å². The van der Waals surface area contributed by atoms with E-state index in [1.54, 1.807) is 12.4 Å². The summed E-state index contributed by atoms with van der Waals surface area (Å²) in [5, 5.41) is 3.33. The van der Waals surface area contributed by atoms with Crippen LogP contribution < -0.4 is 5.32 Å². The van der Waals surface area contributed by atoms with E-state index in [1.807, 2.05) is 6.20 Å². The summed E-state index contributed by atoms with van der Waals surface area (Å²) >= 11 is 0. The van der Waals surface area contributed by atoms with Gasteiger partial charge in [0.05, 0.1) is 5.69 Å². The van der Waals surface area contributed by atoms with Gasteiger partial charge in [0.1, 0.15) is 0 Å². The lowest BCUT2D eigenvalue weighted by molar-refractivity contribution is 0.447. The lowest BCUT2D eigenvalue weighted by atomic mass is 9.86. The van der Waals surface area contributed by atoms with E-state index < -0.39 is 0 Å². The third kappa shape index (κ3) is 3.07. The summed E-state index contributed by atoms with van der Waals surface area (Å²) in [5.41, 5.74) is 1.18. The Morgan fingerprint density at radius 2 is 2.14 bits per heavy atom. The normalized spacial score (nSPS) is 11.6. The highest BCUT2D eigenvalue weighted by molar-refractivity contribution is 5.09. The van der Waals surface area contributed by atoms with Gasteiger partial charge in [0, 0.05) is 24.0 Å². The third-order valence-corrected chi connectivity index (χ3v) is 2.43. The molecule has 0 saturated heterocycles. The summed E-state index contributed by atoms with van der Waals surface area (Å²) in [6.07, 6.45) is 6.40. The van der Waals surface area contributed by atoms with E-state index in [0.29, 0.717) is 0 Å². The molecular formula is C11H19N3. The first-order valence-corrected chi connectivity index (χ1v) is 5.14. The molecule has 0 bridgehead atoms. The van der Waals surface area contributed by atoms with Crippen molar-refractivity contribution in [2.24, 2.45) is 0 Å². The van der Waals surface area contributed by atoms with Crippen LogP contribution in [0.1, 0.15) is 32.9 Å². The summed E-state index contributed by atoms with van der Waals surface area (Å²) in [7, 11) is 0. The molecule has 0 spiro atoms. The van der Waals surface area contributed by atoms with Gasteiger partial charge in [0.2, 0.25) is 0 Å². The van der Waals surface area contributed by atoms with E-state index in [0.717, 1.165) is 25.2 Å². The summed E-state index contributed by atoms with van der Waals surface area (Å²) in [4.78, 5) is 8.44. The first-order valence-electron chi connectivity index (χ1n) is 5.14. The Balaban J connectivity index is 2.56. The fourth-order valence-corrected chi connectivity index (χ4v) is 1.35. The Bertz CT molecular complexity index is 256. The predicted octanol–water partition coefficient (Wildman–Crippen LogP) is 1.75. The molecule has 14 heavy (non-hydrogen) atoms. The summed E-state index contributed by atoms with van der Waals surface area (Å²) in [5.74, 6) is 0. The van der Waals surface area contributed by atoms with E-state index >= 15 is 0 Å². The molecule has 0 aliphatic carbocycles. The average Bonchev–Trinajstić information content (AvgIpc) is 2.19. The van der Waals surface area contributed by atoms with Gasteiger partial charge in [-0.2, -0.15) is 0 Å². The fraction of sp³-hybridized carbons (Fsp3) is 0.636. The molecule has 0 aliphatic rings. The summed E-state index contributed by atoms with van der Waals surface area (Å²) in [6.45, 7) is 8.58. The van der Waals surface area contributed by atoms with Crippen molar-refractivity contribution in [3.05, 3.63) is 24.3 Å². The van der Waals surface area contributed by atoms with E-state index in [-0.39, 0.29) is 5.41 Å². The minimum absolute atomic E-state index is 0.108. The molecule has 0 saturated carbocycles. The van der Waals surface area contributed by atoms with Crippen LogP contribution in [0.15, 0.2) is 18.6 Å². The van der Waals surface area contributed by atoms with Crippen LogP contribution in [0, 0.1) is 0 Å². The largest absolute Gasteiger partial charge is 0.317 e. The Labute approximate surface area is 86.0 Å². The van der Waals surface area contributed by atoms with E-state index in [1.165, 1.54) is 0 Å². The van der Waals surface area contributed by atoms with Crippen molar-refractivity contribution < 1.29 is 0 Å². The van der Waals surface area contributed by atoms with Gasteiger partial charge in [-0.25, -0.2) is 0 Å². The van der Waals surface area contributed by atoms with E-state index in [9.17, 15) is 0 Å². The van der Waals surface area contributed by atoms with Crippen LogP contribution in [-0.4, -0.2) is 23.1 Å². The van der Waals surface area contributed by atoms with Gasteiger partial charge in [0.15, 0.2) is 0 Å². The molecular weight excluding hydrogens is 174 g/mol. The molecule has 1 aromatic heterocycles. The number of nitrogens with zero attached hydrogens (tertiary/aromatic N) is 2. The van der Waals surface area contributed by atoms with Gasteiger partial charge in [-0.1, -0.05) is 20.8 Å². The van der Waals surface area contributed by atoms with Crippen molar-refractivity contribution in [3.63, 3.8) is 0 Å². The Kier molecular flexibility index (Phi) is 4.01. The molecule has 0 radical (unpaired) electrons. The van der Waals surface area contributed by atoms with Crippen LogP contribution in [0.3, 0.4) is 0 Å². The molecule has 0 fully saturated rings. The Morgan fingerprint density at radius 3 is 2.71 bits per heavy atom. The first-order chi connectivity index (χ1) is 6.67. The zero-order valence-corrected chi connectivity index (χ0v) is 9.25. The zero-order valence-electron chi connectivity index (χ0n) is 9.25. The van der Waals surface area contributed by atoms with Crippen LogP contribution in [0.4, 0.5) is 0 Å². The van der Waals surface area contributed by atoms with Crippen LogP contribution in [-0.2, 0) is 5.41 Å². The van der Waals surface area contributed by atoms with Gasteiger partial charge in [-0.3, -0.25) is 9.97 Å². The summed E-state index contributed by atoms with van der Waals surface area (Å²) < 4.78 is 0. The van der Waals surface area contributed by atoms with E-state index in [4.69, 9.17) is 0 Å². The molecule has 0 aromatic carbocycles.